The summed E-state index contributed by atoms with van der Waals surface area (Å²) in [5.41, 5.74) is -0.135. The lowest BCUT2D eigenvalue weighted by Gasteiger charge is -2.28. The van der Waals surface area contributed by atoms with Crippen LogP contribution in [0.2, 0.25) is 0 Å². The van der Waals surface area contributed by atoms with Crippen LogP contribution in [0.3, 0.4) is 0 Å². The van der Waals surface area contributed by atoms with E-state index in [1.54, 1.807) is 0 Å². The zero-order valence-electron chi connectivity index (χ0n) is 7.56. The Labute approximate surface area is 83.2 Å². The summed E-state index contributed by atoms with van der Waals surface area (Å²) >= 11 is 10.9. The molecule has 0 aromatic carbocycles. The molecule has 72 valence electrons. The summed E-state index contributed by atoms with van der Waals surface area (Å²) in [7, 11) is 0. The van der Waals surface area contributed by atoms with E-state index in [0.717, 1.165) is 0 Å². The van der Waals surface area contributed by atoms with Gasteiger partial charge in [0.2, 0.25) is 0 Å². The molecule has 4 heteroatoms. The van der Waals surface area contributed by atoms with Crippen molar-refractivity contribution in [3.63, 3.8) is 0 Å². The Morgan fingerprint density at radius 3 is 2.17 bits per heavy atom. The summed E-state index contributed by atoms with van der Waals surface area (Å²) in [5.74, 6) is -0.243. The summed E-state index contributed by atoms with van der Waals surface area (Å²) in [6.07, 6.45) is -0.273. The first-order valence-electron chi connectivity index (χ1n) is 3.73. The fraction of sp³-hybridized carbons (Fsp3) is 0.875. The molecule has 0 rings (SSSR count). The lowest BCUT2D eigenvalue weighted by Crippen LogP contribution is -2.33. The van der Waals surface area contributed by atoms with Gasteiger partial charge in [0.1, 0.15) is 12.0 Å². The second-order valence-electron chi connectivity index (χ2n) is 3.63. The molecule has 0 aromatic heterocycles. The molecule has 1 unspecified atom stereocenters. The standard InChI is InChI=1S/C8H14Cl2O2/c1-8(2,3)6(4-9)12-7(11)5-10/h6H,4-5H2,1-3H3. The Balaban J connectivity index is 4.09. The predicted molar refractivity (Wildman–Crippen MR) is 50.8 cm³/mol. The van der Waals surface area contributed by atoms with Gasteiger partial charge in [0, 0.05) is 5.41 Å². The van der Waals surface area contributed by atoms with E-state index >= 15 is 0 Å². The molecular weight excluding hydrogens is 199 g/mol. The maximum Gasteiger partial charge on any atom is 0.321 e. The van der Waals surface area contributed by atoms with Crippen LogP contribution in [-0.4, -0.2) is 23.8 Å². The number of alkyl halides is 2. The largest absolute Gasteiger partial charge is 0.460 e. The van der Waals surface area contributed by atoms with E-state index in [0.29, 0.717) is 5.88 Å². The highest BCUT2D eigenvalue weighted by Crippen LogP contribution is 2.23. The van der Waals surface area contributed by atoms with Gasteiger partial charge in [0.05, 0.1) is 5.88 Å². The molecule has 2 nitrogen and oxygen atoms in total. The number of ether oxygens (including phenoxy) is 1. The number of carbonyl (C=O) groups is 1. The van der Waals surface area contributed by atoms with Crippen molar-refractivity contribution in [2.75, 3.05) is 11.8 Å². The Bertz CT molecular complexity index is 152. The smallest absolute Gasteiger partial charge is 0.321 e. The molecule has 0 aliphatic heterocycles. The van der Waals surface area contributed by atoms with Gasteiger partial charge >= 0.3 is 5.97 Å². The Kier molecular flexibility index (Phi) is 4.95. The van der Waals surface area contributed by atoms with Crippen LogP contribution in [0.15, 0.2) is 0 Å². The van der Waals surface area contributed by atoms with Crippen LogP contribution in [0, 0.1) is 5.41 Å². The SMILES string of the molecule is CC(C)(C)C(CCl)OC(=O)CCl. The highest BCUT2D eigenvalue weighted by Gasteiger charge is 2.26. The van der Waals surface area contributed by atoms with E-state index in [2.05, 4.69) is 0 Å². The summed E-state index contributed by atoms with van der Waals surface area (Å²) in [6.45, 7) is 5.88. The van der Waals surface area contributed by atoms with E-state index in [4.69, 9.17) is 27.9 Å². The van der Waals surface area contributed by atoms with Gasteiger partial charge in [-0.05, 0) is 0 Å². The van der Waals surface area contributed by atoms with Crippen molar-refractivity contribution in [2.24, 2.45) is 5.41 Å². The summed E-state index contributed by atoms with van der Waals surface area (Å²) in [4.78, 5) is 10.8. The van der Waals surface area contributed by atoms with Crippen LogP contribution in [0.5, 0.6) is 0 Å². The molecule has 0 bridgehead atoms. The maximum atomic E-state index is 10.8. The van der Waals surface area contributed by atoms with Crippen molar-refractivity contribution in [3.8, 4) is 0 Å². The summed E-state index contributed by atoms with van der Waals surface area (Å²) in [5, 5.41) is 0. The highest BCUT2D eigenvalue weighted by molar-refractivity contribution is 6.26. The Morgan fingerprint density at radius 2 is 1.92 bits per heavy atom. The van der Waals surface area contributed by atoms with E-state index in [9.17, 15) is 4.79 Å². The van der Waals surface area contributed by atoms with Crippen LogP contribution in [0.25, 0.3) is 0 Å². The minimum atomic E-state index is -0.419. The Hall–Kier alpha value is 0.0500. The second-order valence-corrected chi connectivity index (χ2v) is 4.21. The molecule has 1 atom stereocenters. The minimum Gasteiger partial charge on any atom is -0.460 e. The summed E-state index contributed by atoms with van der Waals surface area (Å²) < 4.78 is 5.01. The molecule has 0 radical (unpaired) electrons. The average molecular weight is 213 g/mol. The minimum absolute atomic E-state index is 0.122. The fourth-order valence-corrected chi connectivity index (χ4v) is 1.22. The topological polar surface area (TPSA) is 26.3 Å². The molecule has 0 aliphatic rings. The van der Waals surface area contributed by atoms with Crippen LogP contribution in [0.1, 0.15) is 20.8 Å². The third-order valence-electron chi connectivity index (χ3n) is 1.49. The number of rotatable bonds is 3. The highest BCUT2D eigenvalue weighted by atomic mass is 35.5. The number of esters is 1. The number of hydrogen-bond donors (Lipinski definition) is 0. The zero-order valence-corrected chi connectivity index (χ0v) is 9.08. The number of carbonyl (C=O) groups excluding carboxylic acids is 1. The molecule has 0 aliphatic carbocycles. The molecule has 0 amide bonds. The Morgan fingerprint density at radius 1 is 1.42 bits per heavy atom. The van der Waals surface area contributed by atoms with Crippen molar-refractivity contribution >= 4 is 29.2 Å². The molecule has 0 N–H and O–H groups in total. The van der Waals surface area contributed by atoms with E-state index < -0.39 is 5.97 Å². The van der Waals surface area contributed by atoms with Gasteiger partial charge in [-0.2, -0.15) is 0 Å². The predicted octanol–water partition coefficient (Wildman–Crippen LogP) is 2.42. The quantitative estimate of drug-likeness (QED) is 0.531. The number of hydrogen-bond acceptors (Lipinski definition) is 2. The van der Waals surface area contributed by atoms with Crippen molar-refractivity contribution < 1.29 is 9.53 Å². The zero-order chi connectivity index (χ0) is 9.78. The first-order valence-corrected chi connectivity index (χ1v) is 4.80. The van der Waals surface area contributed by atoms with E-state index in [-0.39, 0.29) is 17.4 Å². The van der Waals surface area contributed by atoms with Gasteiger partial charge < -0.3 is 4.74 Å². The fourth-order valence-electron chi connectivity index (χ4n) is 0.630. The monoisotopic (exact) mass is 212 g/mol. The van der Waals surface area contributed by atoms with Crippen molar-refractivity contribution in [1.29, 1.82) is 0 Å². The van der Waals surface area contributed by atoms with Gasteiger partial charge in [0.15, 0.2) is 0 Å². The molecule has 0 fully saturated rings. The van der Waals surface area contributed by atoms with E-state index in [1.165, 1.54) is 0 Å². The number of halogens is 2. The first-order chi connectivity index (χ1) is 5.41. The molecule has 0 saturated heterocycles. The molecule has 0 spiro atoms. The molecule has 12 heavy (non-hydrogen) atoms. The third-order valence-corrected chi connectivity index (χ3v) is 1.99. The van der Waals surface area contributed by atoms with Gasteiger partial charge in [-0.3, -0.25) is 4.79 Å². The molecular formula is C8H14Cl2O2. The molecule has 0 heterocycles. The molecule has 0 saturated carbocycles. The average Bonchev–Trinajstić information content (AvgIpc) is 1.97. The van der Waals surface area contributed by atoms with Crippen molar-refractivity contribution in [2.45, 2.75) is 26.9 Å². The van der Waals surface area contributed by atoms with Gasteiger partial charge in [-0.15, -0.1) is 23.2 Å². The third kappa shape index (κ3) is 4.17. The van der Waals surface area contributed by atoms with Gasteiger partial charge in [-0.1, -0.05) is 20.8 Å². The van der Waals surface area contributed by atoms with Gasteiger partial charge in [0.25, 0.3) is 0 Å². The van der Waals surface area contributed by atoms with Crippen molar-refractivity contribution in [1.82, 2.24) is 0 Å². The maximum absolute atomic E-state index is 10.8. The van der Waals surface area contributed by atoms with Crippen molar-refractivity contribution in [3.05, 3.63) is 0 Å². The van der Waals surface area contributed by atoms with Crippen LogP contribution < -0.4 is 0 Å². The lowest BCUT2D eigenvalue weighted by molar-refractivity contribution is -0.149. The second kappa shape index (κ2) is 4.93. The lowest BCUT2D eigenvalue weighted by atomic mass is 9.90. The van der Waals surface area contributed by atoms with Crippen LogP contribution in [0.4, 0.5) is 0 Å². The van der Waals surface area contributed by atoms with Gasteiger partial charge in [-0.25, -0.2) is 0 Å². The molecule has 0 aromatic rings. The normalized spacial score (nSPS) is 14.1. The van der Waals surface area contributed by atoms with E-state index in [1.807, 2.05) is 20.8 Å². The first kappa shape index (κ1) is 12.0. The van der Waals surface area contributed by atoms with Crippen LogP contribution >= 0.6 is 23.2 Å². The van der Waals surface area contributed by atoms with Crippen LogP contribution in [-0.2, 0) is 9.53 Å². The summed E-state index contributed by atoms with van der Waals surface area (Å²) in [6, 6.07) is 0.